The fourth-order valence-electron chi connectivity index (χ4n) is 30.4. The van der Waals surface area contributed by atoms with Crippen LogP contribution in [0.1, 0.15) is 195 Å². The molecule has 8 bridgehead atoms. The van der Waals surface area contributed by atoms with Gasteiger partial charge in [0.1, 0.15) is 77.6 Å². The van der Waals surface area contributed by atoms with E-state index in [-0.39, 0.29) is 132 Å². The number of carbonyl (C=O) groups excluding carboxylic acids is 1. The van der Waals surface area contributed by atoms with Gasteiger partial charge in [-0.15, -0.1) is 0 Å². The summed E-state index contributed by atoms with van der Waals surface area (Å²) in [4.78, 5) is 31.7. The van der Waals surface area contributed by atoms with Gasteiger partial charge in [0, 0.05) is 116 Å². The van der Waals surface area contributed by atoms with Gasteiger partial charge in [0.15, 0.2) is 57.4 Å². The highest BCUT2D eigenvalue weighted by atomic mass is 16.7. The van der Waals surface area contributed by atoms with Crippen molar-refractivity contribution in [2.75, 3.05) is 123 Å². The standard InChI is InChI=1S/2C30H35N3O5.C27H31N3O6.C27H31N3O5/c2*1-7-8-36-28-17(4)29-30(38-14-37-29)25-19(28)11-21-26-24-16(3)27(35-6)15(2)9-18(24)10-20(32(26)5)22(12-31)33(21)23(25)13-34;1-12-6-15-7-16-18(9-28)30-17(22(29(16)4)20(15)13(2)23(12)34-5)8-27(33)21(19(30)10-31)25-24(35-11-36-25)14(3)26(27)32;1-12-6-15-7-17-19(9-28)30-18(23(29(17)4)21(15)13(2)25(12)33-5)8-16-22(20(30)10-31)27-26(34-11-35-27)14(3)24(16)32/h2*7,9,20-23,26,34H,1,8,10-11,13-14H2,2-6H3;6,16-19,22,31,33H,7-8,10-11H2,1-5H3;6,17-20,23,31-32H,7-8,10-11H2,1-5H3/t2*20-,21?,22-,23-,26-;16-,17?,18-,19-,22-,27?;17-,18?,19-,20-,23-/m0000/s1. The van der Waals surface area contributed by atoms with E-state index in [9.17, 15) is 56.5 Å². The fourth-order valence-corrected chi connectivity index (χ4v) is 30.4. The molecule has 21 atom stereocenters. The highest BCUT2D eigenvalue weighted by Gasteiger charge is 2.67. The number of piperazine rings is 4. The molecule has 16 aliphatic heterocycles. The summed E-state index contributed by atoms with van der Waals surface area (Å²) < 4.78 is 82.4. The molecule has 16 heterocycles. The third-order valence-electron chi connectivity index (χ3n) is 35.9. The first kappa shape index (κ1) is 101. The number of methoxy groups -OCH3 is 4. The van der Waals surface area contributed by atoms with Gasteiger partial charge in [-0.2, -0.15) is 21.0 Å². The molecule has 6 fully saturated rings. The number of piperidine rings is 1. The monoisotopic (exact) mass is 2000 g/mol. The van der Waals surface area contributed by atoms with Crippen LogP contribution in [0, 0.1) is 121 Å². The SMILES string of the molecule is C=CCOc1c(C)c2c(c3c1CC1[C@H]4c5c(cc(C)c(OC)c5C)C[C@@H]([C@H](C#N)N1[C@H]3CO)N4C)OCO2.C=CCOc1c(C)c2c(c3c1CC1[C@H]4c5c(cc(C)c(OC)c5C)C[C@@H]([C@H](C#N)N1[C@H]3CO)N4C)OCO2.COc1c(C)cc2c(c1C)[C@@H]1C3CC4(O)C(=O)C(C)=C5OCOC5=C4[C@H](CO)N3[C@@H](C#N)[C@H](C2)N1C.COc1c(C)cc2c(c1C)[C@@H]1C3Cc4c(O)c(C)c5c(c4[C@H](CO)N3[C@@H](C#N)[C@H](C2)N1C)OCO5. The van der Waals surface area contributed by atoms with Crippen LogP contribution in [0.2, 0.25) is 0 Å². The van der Waals surface area contributed by atoms with E-state index in [0.29, 0.717) is 102 Å². The molecule has 0 radical (unpaired) electrons. The Hall–Kier alpha value is -12.4. The number of aliphatic hydroxyl groups is 5. The van der Waals surface area contributed by atoms with Crippen LogP contribution in [0.5, 0.6) is 74.7 Å². The number of phenolic OH excluding ortho intramolecular Hbond substituents is 1. The summed E-state index contributed by atoms with van der Waals surface area (Å²) in [5, 5.41) is 109. The highest BCUT2D eigenvalue weighted by Crippen LogP contribution is 2.65. The average Bonchev–Trinajstić information content (AvgIpc) is 1.49. The second-order valence-electron chi connectivity index (χ2n) is 42.4. The molecule has 0 amide bonds. The molecule has 774 valence electrons. The zero-order chi connectivity index (χ0) is 104. The molecule has 147 heavy (non-hydrogen) atoms. The number of likely N-dealkylation sites (N-methyl/N-ethyl adjacent to an activating group) is 4. The van der Waals surface area contributed by atoms with Crippen LogP contribution >= 0.6 is 0 Å². The zero-order valence-corrected chi connectivity index (χ0v) is 87.3. The number of phenols is 1. The number of nitriles is 4. The van der Waals surface area contributed by atoms with Gasteiger partial charge >= 0.3 is 0 Å². The summed E-state index contributed by atoms with van der Waals surface area (Å²) in [5.74, 6) is 9.20. The molecule has 33 nitrogen and oxygen atoms in total. The van der Waals surface area contributed by atoms with Gasteiger partial charge < -0.3 is 97.0 Å². The number of fused-ring (bicyclic) bond motifs is 35. The lowest BCUT2D eigenvalue weighted by Gasteiger charge is -2.62. The number of hydrogen-bond donors (Lipinski definition) is 6. The smallest absolute Gasteiger partial charge is 0.231 e. The van der Waals surface area contributed by atoms with Crippen molar-refractivity contribution in [3.63, 3.8) is 0 Å². The Morgan fingerprint density at radius 3 is 0.973 bits per heavy atom. The Bertz CT molecular complexity index is 6720. The summed E-state index contributed by atoms with van der Waals surface area (Å²) in [6, 6.07) is 14.2. The molecule has 0 aromatic heterocycles. The number of rotatable bonds is 14. The minimum absolute atomic E-state index is 0.0105. The molecule has 1 aliphatic carbocycles. The number of ether oxygens (including phenoxy) is 14. The summed E-state index contributed by atoms with van der Waals surface area (Å²) >= 11 is 0. The van der Waals surface area contributed by atoms with Gasteiger partial charge in [0.25, 0.3) is 0 Å². The number of carbonyl (C=O) groups is 1. The fraction of sp³-hybridized carbons (Fsp3) is 0.518. The number of benzene rings is 7. The summed E-state index contributed by atoms with van der Waals surface area (Å²) in [6.45, 7) is 31.9. The topological polar surface area (TPSA) is 389 Å². The lowest BCUT2D eigenvalue weighted by atomic mass is 9.64. The molecule has 33 heteroatoms. The van der Waals surface area contributed by atoms with E-state index in [2.05, 4.69) is 159 Å². The Morgan fingerprint density at radius 2 is 0.660 bits per heavy atom. The van der Waals surface area contributed by atoms with Crippen LogP contribution in [-0.2, 0) is 59.2 Å². The quantitative estimate of drug-likeness (QED) is 0.0551. The van der Waals surface area contributed by atoms with Gasteiger partial charge in [-0.3, -0.25) is 44.0 Å². The van der Waals surface area contributed by atoms with Gasteiger partial charge in [-0.05, 0) is 245 Å². The zero-order valence-electron chi connectivity index (χ0n) is 87.3. The minimum atomic E-state index is -1.86. The highest BCUT2D eigenvalue weighted by molar-refractivity contribution is 6.06. The first-order chi connectivity index (χ1) is 70.8. The number of Topliss-reactive ketones (excluding diaryl/α,β-unsaturated/α-hetero) is 1. The number of aromatic hydroxyl groups is 1. The maximum atomic E-state index is 13.6. The van der Waals surface area contributed by atoms with Gasteiger partial charge in [-0.25, -0.2) is 0 Å². The van der Waals surface area contributed by atoms with E-state index in [1.54, 1.807) is 47.5 Å². The molecule has 6 saturated heterocycles. The Balaban J connectivity index is 0.000000115. The van der Waals surface area contributed by atoms with E-state index < -0.39 is 65.8 Å². The molecular weight excluding hydrogens is 1870 g/mol. The number of aliphatic hydroxyl groups excluding tert-OH is 4. The number of aryl methyl sites for hydroxylation is 4. The third kappa shape index (κ3) is 14.4. The van der Waals surface area contributed by atoms with E-state index in [1.165, 1.54) is 33.4 Å². The van der Waals surface area contributed by atoms with Crippen molar-refractivity contribution in [2.45, 2.75) is 261 Å². The Morgan fingerprint density at radius 1 is 0.374 bits per heavy atom. The number of ketones is 1. The van der Waals surface area contributed by atoms with Crippen molar-refractivity contribution >= 4 is 5.78 Å². The molecule has 0 saturated carbocycles. The van der Waals surface area contributed by atoms with Crippen molar-refractivity contribution in [3.8, 4) is 99.0 Å². The molecule has 0 spiro atoms. The van der Waals surface area contributed by atoms with Crippen LogP contribution in [-0.4, -0.2) is 283 Å². The van der Waals surface area contributed by atoms with Crippen LogP contribution in [0.25, 0.3) is 0 Å². The predicted molar refractivity (Wildman–Crippen MR) is 540 cm³/mol. The van der Waals surface area contributed by atoms with Crippen molar-refractivity contribution < 1.29 is 102 Å². The Labute approximate surface area is 857 Å². The van der Waals surface area contributed by atoms with E-state index >= 15 is 0 Å². The lowest BCUT2D eigenvalue weighted by molar-refractivity contribution is -0.150. The van der Waals surface area contributed by atoms with Crippen molar-refractivity contribution in [1.82, 2.24) is 39.2 Å². The molecule has 7 aromatic rings. The molecule has 5 unspecified atom stereocenters. The first-order valence-electron chi connectivity index (χ1n) is 50.9. The maximum absolute atomic E-state index is 13.6. The number of nitrogens with zero attached hydrogens (tertiary/aromatic N) is 12. The Kier molecular flexibility index (Phi) is 26.0. The second kappa shape index (κ2) is 38.0. The second-order valence-corrected chi connectivity index (χ2v) is 42.4. The van der Waals surface area contributed by atoms with Crippen LogP contribution < -0.4 is 56.8 Å². The van der Waals surface area contributed by atoms with Gasteiger partial charge in [-0.1, -0.05) is 49.6 Å². The van der Waals surface area contributed by atoms with Gasteiger partial charge in [0.05, 0.1) is 127 Å². The van der Waals surface area contributed by atoms with E-state index in [0.717, 1.165) is 154 Å². The van der Waals surface area contributed by atoms with Crippen LogP contribution in [0.3, 0.4) is 0 Å². The van der Waals surface area contributed by atoms with Crippen LogP contribution in [0.4, 0.5) is 0 Å². The van der Waals surface area contributed by atoms with E-state index in [4.69, 9.17) is 66.3 Å². The van der Waals surface area contributed by atoms with Crippen molar-refractivity contribution in [3.05, 3.63) is 211 Å². The minimum Gasteiger partial charge on any atom is -0.507 e. The summed E-state index contributed by atoms with van der Waals surface area (Å²) in [7, 11) is 15.2. The molecule has 17 aliphatic rings. The summed E-state index contributed by atoms with van der Waals surface area (Å²) in [6.07, 6.45) is 8.30. The molecule has 7 aromatic carbocycles. The third-order valence-corrected chi connectivity index (χ3v) is 35.9. The first-order valence-corrected chi connectivity index (χ1v) is 50.9. The average molecular weight is 2010 g/mol. The maximum Gasteiger partial charge on any atom is 0.231 e. The van der Waals surface area contributed by atoms with Crippen molar-refractivity contribution in [1.29, 1.82) is 21.0 Å². The molecule has 6 N–H and O–H groups in total. The van der Waals surface area contributed by atoms with Crippen molar-refractivity contribution in [2.24, 2.45) is 0 Å². The van der Waals surface area contributed by atoms with Crippen LogP contribution in [0.15, 0.2) is 72.2 Å². The predicted octanol–water partition coefficient (Wildman–Crippen LogP) is 11.6. The summed E-state index contributed by atoms with van der Waals surface area (Å²) in [5.41, 5.74) is 25.2. The van der Waals surface area contributed by atoms with E-state index in [1.807, 2.05) is 46.6 Å². The lowest BCUT2D eigenvalue weighted by Crippen LogP contribution is -2.74. The number of hydrogen-bond acceptors (Lipinski definition) is 33. The largest absolute Gasteiger partial charge is 0.507 e. The molecular formula is C114H132N12O21. The van der Waals surface area contributed by atoms with Gasteiger partial charge in [0.2, 0.25) is 27.2 Å². The normalized spacial score (nSPS) is 29.5. The molecule has 24 rings (SSSR count).